The first-order valence-electron chi connectivity index (χ1n) is 5.87. The average molecular weight is 355 g/mol. The predicted octanol–water partition coefficient (Wildman–Crippen LogP) is 3.82. The average Bonchev–Trinajstić information content (AvgIpc) is 2.43. The molecule has 0 radical (unpaired) electrons. The van der Waals surface area contributed by atoms with E-state index >= 15 is 0 Å². The third-order valence-corrected chi connectivity index (χ3v) is 3.81. The first kappa shape index (κ1) is 14.8. The Balaban J connectivity index is 2.19. The molecule has 0 atom stereocenters. The maximum atomic E-state index is 12.2. The molecule has 4 nitrogen and oxygen atoms in total. The molecule has 2 aromatic rings. The molecule has 1 aromatic heterocycles. The van der Waals surface area contributed by atoms with Crippen molar-refractivity contribution in [2.24, 2.45) is 0 Å². The van der Waals surface area contributed by atoms with Crippen molar-refractivity contribution in [3.63, 3.8) is 0 Å². The van der Waals surface area contributed by atoms with Crippen molar-refractivity contribution in [1.82, 2.24) is 4.98 Å². The number of amides is 1. The summed E-state index contributed by atoms with van der Waals surface area (Å²) in [6.07, 6.45) is 1.51. The first-order chi connectivity index (χ1) is 9.47. The van der Waals surface area contributed by atoms with Crippen LogP contribution >= 0.6 is 27.5 Å². The summed E-state index contributed by atoms with van der Waals surface area (Å²) in [6.45, 7) is 0. The molecule has 104 valence electrons. The van der Waals surface area contributed by atoms with Crippen LogP contribution in [0.1, 0.15) is 10.4 Å². The maximum absolute atomic E-state index is 12.2. The van der Waals surface area contributed by atoms with Gasteiger partial charge in [-0.1, -0.05) is 17.7 Å². The minimum absolute atomic E-state index is 0.190. The largest absolute Gasteiger partial charge is 0.378 e. The third kappa shape index (κ3) is 3.49. The van der Waals surface area contributed by atoms with Gasteiger partial charge in [-0.05, 0) is 40.2 Å². The van der Waals surface area contributed by atoms with Gasteiger partial charge < -0.3 is 10.2 Å². The lowest BCUT2D eigenvalue weighted by atomic mass is 10.2. The van der Waals surface area contributed by atoms with E-state index in [4.69, 9.17) is 11.6 Å². The van der Waals surface area contributed by atoms with Gasteiger partial charge in [0.2, 0.25) is 0 Å². The highest BCUT2D eigenvalue weighted by atomic mass is 79.9. The van der Waals surface area contributed by atoms with Crippen molar-refractivity contribution < 1.29 is 4.79 Å². The molecule has 20 heavy (non-hydrogen) atoms. The number of benzene rings is 1. The van der Waals surface area contributed by atoms with Crippen molar-refractivity contribution >= 4 is 44.8 Å². The van der Waals surface area contributed by atoms with Crippen molar-refractivity contribution in [3.8, 4) is 0 Å². The Bertz CT molecular complexity index is 646. The summed E-state index contributed by atoms with van der Waals surface area (Å²) < 4.78 is 0.638. The van der Waals surface area contributed by atoms with E-state index < -0.39 is 0 Å². The van der Waals surface area contributed by atoms with Crippen molar-refractivity contribution in [2.45, 2.75) is 0 Å². The van der Waals surface area contributed by atoms with Gasteiger partial charge in [-0.15, -0.1) is 0 Å². The van der Waals surface area contributed by atoms with E-state index in [0.717, 1.165) is 5.69 Å². The lowest BCUT2D eigenvalue weighted by Gasteiger charge is -2.13. The second-order valence-corrected chi connectivity index (χ2v) is 5.61. The maximum Gasteiger partial charge on any atom is 0.255 e. The van der Waals surface area contributed by atoms with E-state index in [9.17, 15) is 4.79 Å². The normalized spacial score (nSPS) is 10.2. The van der Waals surface area contributed by atoms with Crippen LogP contribution in [0.25, 0.3) is 0 Å². The summed E-state index contributed by atoms with van der Waals surface area (Å²) in [5, 5.41) is 3.14. The number of anilines is 2. The summed E-state index contributed by atoms with van der Waals surface area (Å²) in [5.74, 6) is -0.190. The minimum atomic E-state index is -0.190. The Morgan fingerprint density at radius 3 is 2.75 bits per heavy atom. The smallest absolute Gasteiger partial charge is 0.255 e. The van der Waals surface area contributed by atoms with E-state index in [1.54, 1.807) is 12.1 Å². The zero-order valence-corrected chi connectivity index (χ0v) is 13.4. The fourth-order valence-corrected chi connectivity index (χ4v) is 2.07. The Morgan fingerprint density at radius 2 is 2.10 bits per heavy atom. The topological polar surface area (TPSA) is 45.2 Å². The van der Waals surface area contributed by atoms with E-state index in [0.29, 0.717) is 20.9 Å². The monoisotopic (exact) mass is 353 g/mol. The standard InChI is InChI=1S/C14H13BrClN3O/c1-19(2)11-5-3-4-9(6-11)14(20)18-10-7-12(15)13(16)17-8-10/h3-8H,1-2H3,(H,18,20). The predicted molar refractivity (Wildman–Crippen MR) is 85.7 cm³/mol. The molecule has 1 heterocycles. The van der Waals surface area contributed by atoms with Crippen LogP contribution in [0.2, 0.25) is 5.15 Å². The molecule has 0 unspecified atom stereocenters. The van der Waals surface area contributed by atoms with Gasteiger partial charge in [0.1, 0.15) is 5.15 Å². The van der Waals surface area contributed by atoms with Crippen LogP contribution in [0, 0.1) is 0 Å². The number of carbonyl (C=O) groups excluding carboxylic acids is 1. The summed E-state index contributed by atoms with van der Waals surface area (Å²) in [5.41, 5.74) is 2.14. The number of rotatable bonds is 3. The fraction of sp³-hybridized carbons (Fsp3) is 0.143. The number of hydrogen-bond acceptors (Lipinski definition) is 3. The summed E-state index contributed by atoms with van der Waals surface area (Å²) in [7, 11) is 3.86. The second-order valence-electron chi connectivity index (χ2n) is 4.40. The molecule has 1 N–H and O–H groups in total. The van der Waals surface area contributed by atoms with Crippen LogP contribution < -0.4 is 10.2 Å². The van der Waals surface area contributed by atoms with E-state index in [2.05, 4.69) is 26.2 Å². The van der Waals surface area contributed by atoms with Gasteiger partial charge in [0.25, 0.3) is 5.91 Å². The molecule has 0 saturated heterocycles. The number of halogens is 2. The molecule has 0 aliphatic rings. The molecule has 0 spiro atoms. The van der Waals surface area contributed by atoms with Crippen LogP contribution in [0.5, 0.6) is 0 Å². The Morgan fingerprint density at radius 1 is 1.35 bits per heavy atom. The molecule has 0 saturated carbocycles. The molecule has 0 aliphatic carbocycles. The highest BCUT2D eigenvalue weighted by molar-refractivity contribution is 9.10. The number of nitrogens with one attached hydrogen (secondary N) is 1. The Kier molecular flexibility index (Phi) is 4.62. The molecule has 0 aliphatic heterocycles. The summed E-state index contributed by atoms with van der Waals surface area (Å²) >= 11 is 9.08. The highest BCUT2D eigenvalue weighted by Crippen LogP contribution is 2.23. The zero-order chi connectivity index (χ0) is 14.7. The van der Waals surface area contributed by atoms with Crippen LogP contribution in [-0.4, -0.2) is 25.0 Å². The molecule has 0 fully saturated rings. The summed E-state index contributed by atoms with van der Waals surface area (Å²) in [6, 6.07) is 9.09. The number of hydrogen-bond donors (Lipinski definition) is 1. The van der Waals surface area contributed by atoms with E-state index in [-0.39, 0.29) is 5.91 Å². The van der Waals surface area contributed by atoms with Crippen LogP contribution in [0.3, 0.4) is 0 Å². The Hall–Kier alpha value is -1.59. The SMILES string of the molecule is CN(C)c1cccc(C(=O)Nc2cnc(Cl)c(Br)c2)c1. The van der Waals surface area contributed by atoms with Gasteiger partial charge in [-0.2, -0.15) is 0 Å². The Labute approximate surface area is 130 Å². The molecule has 6 heteroatoms. The van der Waals surface area contributed by atoms with Gasteiger partial charge in [-0.3, -0.25) is 4.79 Å². The molecule has 0 bridgehead atoms. The van der Waals surface area contributed by atoms with Gasteiger partial charge in [0, 0.05) is 25.3 Å². The second kappa shape index (κ2) is 6.24. The lowest BCUT2D eigenvalue weighted by molar-refractivity contribution is 0.102. The van der Waals surface area contributed by atoms with E-state index in [1.165, 1.54) is 6.20 Å². The first-order valence-corrected chi connectivity index (χ1v) is 7.04. The van der Waals surface area contributed by atoms with Crippen LogP contribution in [-0.2, 0) is 0 Å². The van der Waals surface area contributed by atoms with Crippen molar-refractivity contribution in [2.75, 3.05) is 24.3 Å². The fourth-order valence-electron chi connectivity index (χ4n) is 1.62. The molecule has 1 amide bonds. The quantitative estimate of drug-likeness (QED) is 0.852. The van der Waals surface area contributed by atoms with Gasteiger partial charge in [0.15, 0.2) is 0 Å². The third-order valence-electron chi connectivity index (χ3n) is 2.68. The number of aromatic nitrogens is 1. The summed E-state index contributed by atoms with van der Waals surface area (Å²) in [4.78, 5) is 18.1. The highest BCUT2D eigenvalue weighted by Gasteiger charge is 2.09. The number of pyridine rings is 1. The number of nitrogens with zero attached hydrogens (tertiary/aromatic N) is 2. The molecule has 2 rings (SSSR count). The van der Waals surface area contributed by atoms with Crippen LogP contribution in [0.15, 0.2) is 41.0 Å². The molecule has 1 aromatic carbocycles. The van der Waals surface area contributed by atoms with Gasteiger partial charge in [-0.25, -0.2) is 4.98 Å². The molecular formula is C14H13BrClN3O. The van der Waals surface area contributed by atoms with Gasteiger partial charge in [0.05, 0.1) is 16.4 Å². The lowest BCUT2D eigenvalue weighted by Crippen LogP contribution is -2.14. The molecular weight excluding hydrogens is 342 g/mol. The van der Waals surface area contributed by atoms with Crippen LogP contribution in [0.4, 0.5) is 11.4 Å². The number of carbonyl (C=O) groups is 1. The van der Waals surface area contributed by atoms with Crippen molar-refractivity contribution in [1.29, 1.82) is 0 Å². The van der Waals surface area contributed by atoms with Crippen molar-refractivity contribution in [3.05, 3.63) is 51.7 Å². The van der Waals surface area contributed by atoms with E-state index in [1.807, 2.05) is 37.2 Å². The zero-order valence-electron chi connectivity index (χ0n) is 11.0. The van der Waals surface area contributed by atoms with Gasteiger partial charge >= 0.3 is 0 Å². The minimum Gasteiger partial charge on any atom is -0.378 e.